The highest BCUT2D eigenvalue weighted by Gasteiger charge is 1.93. The van der Waals surface area contributed by atoms with E-state index in [1.165, 1.54) is 0 Å². The van der Waals surface area contributed by atoms with Gasteiger partial charge in [0.2, 0.25) is 0 Å². The number of carbonyl (C=O) groups is 1. The van der Waals surface area contributed by atoms with E-state index in [9.17, 15) is 4.79 Å². The Balaban J connectivity index is 3.59. The highest BCUT2D eigenvalue weighted by atomic mass is 35.5. The van der Waals surface area contributed by atoms with Crippen LogP contribution >= 0.6 is 11.6 Å². The minimum Gasteiger partial charge on any atom is -0.458 e. The van der Waals surface area contributed by atoms with Crippen molar-refractivity contribution >= 4 is 17.9 Å². The lowest BCUT2D eigenvalue weighted by atomic mass is 10.6. The quantitative estimate of drug-likeness (QED) is 0.260. The molecule has 0 rings (SSSR count). The lowest BCUT2D eigenvalue weighted by molar-refractivity contribution is -0.107. The highest BCUT2D eigenvalue weighted by molar-refractivity contribution is 6.19. The van der Waals surface area contributed by atoms with Crippen molar-refractivity contribution in [2.75, 3.05) is 5.88 Å². The molecule has 0 bridgehead atoms. The fraction of sp³-hybridized carbons (Fsp3) is 0.167. The van der Waals surface area contributed by atoms with E-state index < -0.39 is 0 Å². The van der Waals surface area contributed by atoms with E-state index in [1.54, 1.807) is 0 Å². The van der Waals surface area contributed by atoms with Gasteiger partial charge >= 0.3 is 0 Å². The fourth-order valence-electron chi connectivity index (χ4n) is 0.237. The van der Waals surface area contributed by atoms with Crippen LogP contribution in [-0.2, 0) is 9.53 Å². The Hall–Kier alpha value is -0.760. The van der Waals surface area contributed by atoms with E-state index in [-0.39, 0.29) is 11.6 Å². The van der Waals surface area contributed by atoms with Gasteiger partial charge in [0.05, 0.1) is 5.88 Å². The van der Waals surface area contributed by atoms with Crippen LogP contribution in [0.25, 0.3) is 0 Å². The van der Waals surface area contributed by atoms with E-state index in [0.29, 0.717) is 12.0 Å². The molecule has 0 spiro atoms. The van der Waals surface area contributed by atoms with E-state index >= 15 is 0 Å². The van der Waals surface area contributed by atoms with Gasteiger partial charge in [-0.3, -0.25) is 4.79 Å². The smallest absolute Gasteiger partial charge is 0.184 e. The number of halogens is 1. The zero-order valence-electron chi connectivity index (χ0n) is 4.89. The Morgan fingerprint density at radius 3 is 2.56 bits per heavy atom. The summed E-state index contributed by atoms with van der Waals surface area (Å²) in [6.45, 7) is 6.64. The van der Waals surface area contributed by atoms with Gasteiger partial charge in [0.25, 0.3) is 0 Å². The number of hydrogen-bond donors (Lipinski definition) is 0. The molecule has 2 nitrogen and oxygen atoms in total. The molecule has 0 fully saturated rings. The molecule has 0 unspecified atom stereocenters. The van der Waals surface area contributed by atoms with Gasteiger partial charge in [-0.15, -0.1) is 11.6 Å². The van der Waals surface area contributed by atoms with Crippen molar-refractivity contribution in [2.24, 2.45) is 0 Å². The normalized spacial score (nSPS) is 8.11. The largest absolute Gasteiger partial charge is 0.458 e. The first-order valence-electron chi connectivity index (χ1n) is 2.26. The third kappa shape index (κ3) is 3.79. The van der Waals surface area contributed by atoms with E-state index in [0.717, 1.165) is 0 Å². The van der Waals surface area contributed by atoms with Crippen LogP contribution in [0.15, 0.2) is 24.7 Å². The molecule has 0 saturated carbocycles. The highest BCUT2D eigenvalue weighted by Crippen LogP contribution is 2.00. The van der Waals surface area contributed by atoms with Crippen LogP contribution in [0.1, 0.15) is 0 Å². The van der Waals surface area contributed by atoms with E-state index in [1.807, 2.05) is 0 Å². The molecule has 0 N–H and O–H groups in total. The molecule has 0 aliphatic rings. The molecule has 0 aromatic carbocycles. The fourth-order valence-corrected chi connectivity index (χ4v) is 0.291. The summed E-state index contributed by atoms with van der Waals surface area (Å²) in [6.07, 6.45) is 0.498. The van der Waals surface area contributed by atoms with E-state index in [4.69, 9.17) is 11.6 Å². The Morgan fingerprint density at radius 1 is 1.67 bits per heavy atom. The van der Waals surface area contributed by atoms with Crippen LogP contribution < -0.4 is 0 Å². The van der Waals surface area contributed by atoms with Gasteiger partial charge in [-0.05, 0) is 0 Å². The molecule has 0 aromatic rings. The lowest BCUT2D eigenvalue weighted by Gasteiger charge is -2.00. The molecule has 0 aliphatic heterocycles. The first-order valence-corrected chi connectivity index (χ1v) is 2.80. The van der Waals surface area contributed by atoms with Crippen molar-refractivity contribution in [3.05, 3.63) is 24.7 Å². The monoisotopic (exact) mass is 146 g/mol. The topological polar surface area (TPSA) is 26.3 Å². The third-order valence-electron chi connectivity index (χ3n) is 0.556. The molecule has 0 atom stereocenters. The summed E-state index contributed by atoms with van der Waals surface area (Å²) >= 11 is 5.27. The zero-order chi connectivity index (χ0) is 7.28. The minimum absolute atomic E-state index is 0.0284. The molecule has 0 radical (unpaired) electrons. The van der Waals surface area contributed by atoms with E-state index in [2.05, 4.69) is 17.9 Å². The van der Waals surface area contributed by atoms with Crippen molar-refractivity contribution < 1.29 is 9.53 Å². The Labute approximate surface area is 58.8 Å². The molecular formula is C6H7ClO2. The lowest BCUT2D eigenvalue weighted by Crippen LogP contribution is -1.91. The molecule has 0 aromatic heterocycles. The molecule has 9 heavy (non-hydrogen) atoms. The SMILES string of the molecule is C=C(C=O)OC(=C)CCl. The number of allylic oxidation sites excluding steroid dienone is 2. The number of alkyl halides is 1. The van der Waals surface area contributed by atoms with Crippen LogP contribution in [0.2, 0.25) is 0 Å². The van der Waals surface area contributed by atoms with Gasteiger partial charge in [0.1, 0.15) is 5.76 Å². The van der Waals surface area contributed by atoms with Gasteiger partial charge in [0.15, 0.2) is 12.0 Å². The van der Waals surface area contributed by atoms with Crippen LogP contribution in [-0.4, -0.2) is 12.2 Å². The summed E-state index contributed by atoms with van der Waals surface area (Å²) < 4.78 is 4.66. The third-order valence-corrected chi connectivity index (χ3v) is 0.854. The predicted octanol–water partition coefficient (Wildman–Crippen LogP) is 1.47. The molecule has 3 heteroatoms. The van der Waals surface area contributed by atoms with Gasteiger partial charge < -0.3 is 4.74 Å². The van der Waals surface area contributed by atoms with Gasteiger partial charge in [-0.1, -0.05) is 13.2 Å². The van der Waals surface area contributed by atoms with Crippen molar-refractivity contribution in [3.63, 3.8) is 0 Å². The summed E-state index contributed by atoms with van der Waals surface area (Å²) in [6, 6.07) is 0. The molecule has 0 aliphatic carbocycles. The Kier molecular flexibility index (Phi) is 3.80. The number of rotatable bonds is 4. The zero-order valence-corrected chi connectivity index (χ0v) is 5.65. The van der Waals surface area contributed by atoms with Crippen LogP contribution in [0.5, 0.6) is 0 Å². The number of carbonyl (C=O) groups excluding carboxylic acids is 1. The average Bonchev–Trinajstić information content (AvgIpc) is 1.87. The average molecular weight is 147 g/mol. The summed E-state index contributed by atoms with van der Waals surface area (Å²) in [5.74, 6) is 0.529. The molecule has 0 saturated heterocycles. The van der Waals surface area contributed by atoms with Crippen molar-refractivity contribution in [1.82, 2.24) is 0 Å². The van der Waals surface area contributed by atoms with Gasteiger partial charge in [-0.25, -0.2) is 0 Å². The van der Waals surface area contributed by atoms with Gasteiger partial charge in [-0.2, -0.15) is 0 Å². The standard InChI is InChI=1S/C6H7ClO2/c1-5(3-7)9-6(2)4-8/h4H,1-3H2. The minimum atomic E-state index is 0.0284. The number of hydrogen-bond acceptors (Lipinski definition) is 2. The maximum atomic E-state index is 9.85. The van der Waals surface area contributed by atoms with Crippen LogP contribution in [0.4, 0.5) is 0 Å². The van der Waals surface area contributed by atoms with Crippen molar-refractivity contribution in [3.8, 4) is 0 Å². The van der Waals surface area contributed by atoms with Crippen molar-refractivity contribution in [2.45, 2.75) is 0 Å². The second-order valence-corrected chi connectivity index (χ2v) is 1.63. The second kappa shape index (κ2) is 4.15. The summed E-state index contributed by atoms with van der Waals surface area (Å²) in [7, 11) is 0. The van der Waals surface area contributed by atoms with Crippen molar-refractivity contribution in [1.29, 1.82) is 0 Å². The molecule has 0 heterocycles. The maximum absolute atomic E-state index is 9.85. The van der Waals surface area contributed by atoms with Gasteiger partial charge in [0, 0.05) is 0 Å². The second-order valence-electron chi connectivity index (χ2n) is 1.36. The summed E-state index contributed by atoms with van der Waals surface area (Å²) in [5.41, 5.74) is 0. The van der Waals surface area contributed by atoms with Crippen LogP contribution in [0.3, 0.4) is 0 Å². The molecular weight excluding hydrogens is 140 g/mol. The summed E-state index contributed by atoms with van der Waals surface area (Å²) in [5, 5.41) is 0. The number of aldehydes is 1. The maximum Gasteiger partial charge on any atom is 0.184 e. The molecule has 0 amide bonds. The van der Waals surface area contributed by atoms with Crippen LogP contribution in [0, 0.1) is 0 Å². The first kappa shape index (κ1) is 8.24. The number of ether oxygens (including phenoxy) is 1. The Morgan fingerprint density at radius 2 is 2.22 bits per heavy atom. The summed E-state index contributed by atoms with van der Waals surface area (Å²) in [4.78, 5) is 9.85. The Bertz CT molecular complexity index is 140. The predicted molar refractivity (Wildman–Crippen MR) is 36.1 cm³/mol. The first-order chi connectivity index (χ1) is 4.20. The molecule has 50 valence electrons.